The average molecular weight is 623 g/mol. The Balaban J connectivity index is 1.24. The fourth-order valence-corrected chi connectivity index (χ4v) is 7.03. The quantitative estimate of drug-likeness (QED) is 0.154. The SMILES string of the molecule is Cc1cn([C@H]2C[C@H](OP3Oc4ccccc4O3)[C@@H](COC(c3ccccc3)(c3ccccc3)c3ccccc3)O2)c(=O)[nH]c1=O. The molecule has 0 unspecified atom stereocenters. The summed E-state index contributed by atoms with van der Waals surface area (Å²) in [6, 6.07) is 37.6. The highest BCUT2D eigenvalue weighted by atomic mass is 31.2. The van der Waals surface area contributed by atoms with Crippen molar-refractivity contribution in [2.75, 3.05) is 6.61 Å². The van der Waals surface area contributed by atoms with E-state index in [1.54, 1.807) is 6.92 Å². The molecule has 0 aliphatic carbocycles. The van der Waals surface area contributed by atoms with Crippen molar-refractivity contribution in [3.8, 4) is 11.5 Å². The topological polar surface area (TPSA) is 101 Å². The molecule has 1 saturated heterocycles. The standard InChI is InChI=1S/C35H31N2O7P/c1-24-22-37(34(39)36-33(24)38)32-21-30(44-45-42-28-19-11-12-20-29(28)43-45)31(41-32)23-40-35(25-13-5-2-6-14-25,26-15-7-3-8-16-26)27-17-9-4-10-18-27/h2-20,22,30-32H,21,23H2,1H3,(H,36,38,39)/t30-,31+,32+/m0/s1. The van der Waals surface area contributed by atoms with E-state index < -0.39 is 43.9 Å². The first-order valence-electron chi connectivity index (χ1n) is 14.7. The Hall–Kier alpha value is -4.53. The lowest BCUT2D eigenvalue weighted by molar-refractivity contribution is -0.0919. The van der Waals surface area contributed by atoms with E-state index in [4.69, 9.17) is 23.0 Å². The maximum atomic E-state index is 12.9. The first-order chi connectivity index (χ1) is 22.0. The number of aromatic amines is 1. The minimum atomic E-state index is -1.77. The molecule has 3 heterocycles. The predicted molar refractivity (Wildman–Crippen MR) is 169 cm³/mol. The Morgan fingerprint density at radius 2 is 1.31 bits per heavy atom. The third kappa shape index (κ3) is 5.72. The molecule has 1 N–H and O–H groups in total. The molecule has 0 bridgehead atoms. The fraction of sp³-hybridized carbons (Fsp3) is 0.200. The van der Waals surface area contributed by atoms with Gasteiger partial charge in [0, 0.05) is 18.2 Å². The molecule has 9 nitrogen and oxygen atoms in total. The third-order valence-electron chi connectivity index (χ3n) is 8.06. The summed E-state index contributed by atoms with van der Waals surface area (Å²) < 4.78 is 33.4. The molecule has 228 valence electrons. The molecule has 0 saturated carbocycles. The van der Waals surface area contributed by atoms with Crippen LogP contribution in [0.25, 0.3) is 0 Å². The number of rotatable bonds is 9. The van der Waals surface area contributed by atoms with Crippen molar-refractivity contribution in [3.05, 3.63) is 165 Å². The van der Waals surface area contributed by atoms with E-state index in [0.717, 1.165) is 16.7 Å². The Bertz CT molecular complexity index is 1760. The van der Waals surface area contributed by atoms with Crippen LogP contribution in [0.5, 0.6) is 11.5 Å². The Kier molecular flexibility index (Phi) is 8.08. The van der Waals surface area contributed by atoms with Gasteiger partial charge in [-0.15, -0.1) is 0 Å². The molecular formula is C35H31N2O7P. The molecule has 3 atom stereocenters. The molecule has 7 rings (SSSR count). The summed E-state index contributed by atoms with van der Waals surface area (Å²) in [7, 11) is -1.77. The molecule has 1 aromatic heterocycles. The maximum absolute atomic E-state index is 12.9. The van der Waals surface area contributed by atoms with Crippen molar-refractivity contribution >= 4 is 8.60 Å². The van der Waals surface area contributed by atoms with E-state index >= 15 is 0 Å². The van der Waals surface area contributed by atoms with E-state index in [1.165, 1.54) is 10.8 Å². The van der Waals surface area contributed by atoms with Gasteiger partial charge in [0.1, 0.15) is 24.0 Å². The van der Waals surface area contributed by atoms with Gasteiger partial charge in [-0.25, -0.2) is 4.79 Å². The van der Waals surface area contributed by atoms with Crippen molar-refractivity contribution in [3.63, 3.8) is 0 Å². The average Bonchev–Trinajstić information content (AvgIpc) is 3.68. The van der Waals surface area contributed by atoms with Crippen LogP contribution in [0.2, 0.25) is 0 Å². The second-order valence-corrected chi connectivity index (χ2v) is 12.0. The minimum absolute atomic E-state index is 0.104. The molecule has 5 aromatic rings. The molecule has 2 aliphatic heterocycles. The summed E-state index contributed by atoms with van der Waals surface area (Å²) in [5.41, 5.74) is 1.26. The van der Waals surface area contributed by atoms with Gasteiger partial charge in [-0.3, -0.25) is 18.9 Å². The summed E-state index contributed by atoms with van der Waals surface area (Å²) in [5.74, 6) is 1.21. The smallest absolute Gasteiger partial charge is 0.414 e. The zero-order valence-corrected chi connectivity index (χ0v) is 25.3. The van der Waals surface area contributed by atoms with Gasteiger partial charge in [-0.2, -0.15) is 0 Å². The van der Waals surface area contributed by atoms with Crippen LogP contribution >= 0.6 is 8.60 Å². The summed E-state index contributed by atoms with van der Waals surface area (Å²) >= 11 is 0. The number of fused-ring (bicyclic) bond motifs is 1. The normalized spacial score (nSPS) is 19.5. The number of aryl methyl sites for hydroxylation is 1. The molecule has 1 fully saturated rings. The monoisotopic (exact) mass is 622 g/mol. The van der Waals surface area contributed by atoms with Crippen LogP contribution in [0.1, 0.15) is 34.9 Å². The Labute approximate surface area is 261 Å². The van der Waals surface area contributed by atoms with E-state index in [2.05, 4.69) is 41.4 Å². The number of aromatic nitrogens is 2. The molecular weight excluding hydrogens is 591 g/mol. The van der Waals surface area contributed by atoms with Gasteiger partial charge in [-0.05, 0) is 35.7 Å². The fourth-order valence-electron chi connectivity index (χ4n) is 5.84. The number of H-pyrrole nitrogens is 1. The van der Waals surface area contributed by atoms with Crippen LogP contribution in [0.4, 0.5) is 0 Å². The van der Waals surface area contributed by atoms with Crippen LogP contribution in [0, 0.1) is 6.92 Å². The van der Waals surface area contributed by atoms with Gasteiger partial charge >= 0.3 is 14.3 Å². The lowest BCUT2D eigenvalue weighted by Gasteiger charge is -2.37. The maximum Gasteiger partial charge on any atom is 0.463 e. The van der Waals surface area contributed by atoms with Crippen molar-refractivity contribution in [1.29, 1.82) is 0 Å². The van der Waals surface area contributed by atoms with Gasteiger partial charge in [0.05, 0.1) is 6.61 Å². The predicted octanol–water partition coefficient (Wildman–Crippen LogP) is 6.22. The largest absolute Gasteiger partial charge is 0.463 e. The molecule has 2 aliphatic rings. The van der Waals surface area contributed by atoms with E-state index in [9.17, 15) is 9.59 Å². The van der Waals surface area contributed by atoms with Crippen LogP contribution in [-0.2, 0) is 19.6 Å². The third-order valence-corrected chi connectivity index (χ3v) is 9.19. The highest BCUT2D eigenvalue weighted by Gasteiger charge is 2.45. The Morgan fingerprint density at radius 3 is 1.84 bits per heavy atom. The van der Waals surface area contributed by atoms with Gasteiger partial charge in [0.15, 0.2) is 11.5 Å². The number of hydrogen-bond donors (Lipinski definition) is 1. The van der Waals surface area contributed by atoms with Crippen molar-refractivity contribution in [2.24, 2.45) is 0 Å². The van der Waals surface area contributed by atoms with Gasteiger partial charge in [0.2, 0.25) is 0 Å². The molecule has 45 heavy (non-hydrogen) atoms. The first-order valence-corrected chi connectivity index (χ1v) is 15.8. The van der Waals surface area contributed by atoms with E-state index in [0.29, 0.717) is 23.5 Å². The Morgan fingerprint density at radius 1 is 0.800 bits per heavy atom. The highest BCUT2D eigenvalue weighted by Crippen LogP contribution is 2.54. The molecule has 0 spiro atoms. The van der Waals surface area contributed by atoms with Gasteiger partial charge < -0.3 is 18.5 Å². The van der Waals surface area contributed by atoms with Crippen molar-refractivity contribution in [1.82, 2.24) is 9.55 Å². The van der Waals surface area contributed by atoms with Crippen LogP contribution < -0.4 is 20.3 Å². The van der Waals surface area contributed by atoms with Crippen LogP contribution in [-0.4, -0.2) is 28.4 Å². The van der Waals surface area contributed by atoms with Crippen molar-refractivity contribution < 1.29 is 23.0 Å². The molecule has 0 amide bonds. The summed E-state index contributed by atoms with van der Waals surface area (Å²) in [4.78, 5) is 27.3. The van der Waals surface area contributed by atoms with E-state index in [1.807, 2.05) is 78.9 Å². The number of nitrogens with one attached hydrogen (secondary N) is 1. The number of nitrogens with zero attached hydrogens (tertiary/aromatic N) is 1. The van der Waals surface area contributed by atoms with Crippen molar-refractivity contribution in [2.45, 2.75) is 37.4 Å². The second-order valence-electron chi connectivity index (χ2n) is 10.9. The summed E-state index contributed by atoms with van der Waals surface area (Å²) in [5, 5.41) is 0. The number of ether oxygens (including phenoxy) is 2. The summed E-state index contributed by atoms with van der Waals surface area (Å²) in [6.45, 7) is 1.75. The second kappa shape index (κ2) is 12.5. The number of hydrogen-bond acceptors (Lipinski definition) is 7. The van der Waals surface area contributed by atoms with E-state index in [-0.39, 0.29) is 6.61 Å². The first kappa shape index (κ1) is 29.2. The molecule has 0 radical (unpaired) electrons. The van der Waals surface area contributed by atoms with Gasteiger partial charge in [-0.1, -0.05) is 103 Å². The zero-order chi connectivity index (χ0) is 30.8. The minimum Gasteiger partial charge on any atom is -0.414 e. The lowest BCUT2D eigenvalue weighted by atomic mass is 9.80. The van der Waals surface area contributed by atoms with Gasteiger partial charge in [0.25, 0.3) is 5.56 Å². The van der Waals surface area contributed by atoms with Crippen LogP contribution in [0.3, 0.4) is 0 Å². The zero-order valence-electron chi connectivity index (χ0n) is 24.4. The molecule has 4 aromatic carbocycles. The number of para-hydroxylation sites is 2. The highest BCUT2D eigenvalue weighted by molar-refractivity contribution is 7.43. The lowest BCUT2D eigenvalue weighted by Crippen LogP contribution is -2.38. The summed E-state index contributed by atoms with van der Waals surface area (Å²) in [6.07, 6.45) is -0.0853. The molecule has 10 heteroatoms. The number of benzene rings is 4. The van der Waals surface area contributed by atoms with Crippen LogP contribution in [0.15, 0.2) is 131 Å².